The van der Waals surface area contributed by atoms with Crippen LogP contribution in [0, 0.1) is 6.92 Å². The first-order valence-electron chi connectivity index (χ1n) is 6.85. The quantitative estimate of drug-likeness (QED) is 0.530. The van der Waals surface area contributed by atoms with Crippen LogP contribution in [0.25, 0.3) is 21.5 Å². The predicted octanol–water partition coefficient (Wildman–Crippen LogP) is 3.97. The number of thiophene rings is 2. The van der Waals surface area contributed by atoms with Gasteiger partial charge >= 0.3 is 0 Å². The van der Waals surface area contributed by atoms with E-state index in [9.17, 15) is 4.79 Å². The van der Waals surface area contributed by atoms with Crippen LogP contribution in [0.3, 0.4) is 0 Å². The summed E-state index contributed by atoms with van der Waals surface area (Å²) in [7, 11) is 0. The maximum absolute atomic E-state index is 12.7. The van der Waals surface area contributed by atoms with Gasteiger partial charge in [-0.2, -0.15) is 9.78 Å². The Hall–Kier alpha value is -2.51. The summed E-state index contributed by atoms with van der Waals surface area (Å²) in [4.78, 5) is 18.8. The molecule has 114 valence electrons. The molecule has 0 bridgehead atoms. The molecule has 0 aromatic carbocycles. The van der Waals surface area contributed by atoms with Crippen LogP contribution in [0.15, 0.2) is 55.9 Å². The molecule has 0 amide bonds. The second-order valence-corrected chi connectivity index (χ2v) is 6.72. The van der Waals surface area contributed by atoms with Gasteiger partial charge in [-0.25, -0.2) is 4.98 Å². The predicted molar refractivity (Wildman–Crippen MR) is 93.6 cm³/mol. The first-order valence-corrected chi connectivity index (χ1v) is 8.61. The first-order chi connectivity index (χ1) is 11.2. The Labute approximate surface area is 139 Å². The lowest BCUT2D eigenvalue weighted by Gasteiger charge is -1.99. The van der Waals surface area contributed by atoms with Crippen LogP contribution in [0.5, 0.6) is 0 Å². The van der Waals surface area contributed by atoms with Crippen LogP contribution in [0.1, 0.15) is 10.4 Å². The average Bonchev–Trinajstić information content (AvgIpc) is 3.26. The summed E-state index contributed by atoms with van der Waals surface area (Å²) in [5.41, 5.74) is 1.69. The normalized spacial score (nSPS) is 11.7. The van der Waals surface area contributed by atoms with Crippen molar-refractivity contribution in [2.75, 3.05) is 0 Å². The summed E-state index contributed by atoms with van der Waals surface area (Å²) in [5, 5.41) is 8.68. The van der Waals surface area contributed by atoms with E-state index in [4.69, 9.17) is 4.42 Å². The number of hydrogen-bond acceptors (Lipinski definition) is 6. The highest BCUT2D eigenvalue weighted by molar-refractivity contribution is 7.17. The molecule has 5 nitrogen and oxygen atoms in total. The Balaban J connectivity index is 1.85. The van der Waals surface area contributed by atoms with Gasteiger partial charge in [-0.3, -0.25) is 4.79 Å². The summed E-state index contributed by atoms with van der Waals surface area (Å²) >= 11 is 3.00. The van der Waals surface area contributed by atoms with Crippen LogP contribution in [-0.4, -0.2) is 15.9 Å². The van der Waals surface area contributed by atoms with E-state index in [1.807, 2.05) is 29.8 Å². The fourth-order valence-electron chi connectivity index (χ4n) is 2.25. The van der Waals surface area contributed by atoms with Crippen molar-refractivity contribution in [3.8, 4) is 11.3 Å². The topological polar surface area (TPSA) is 60.4 Å². The Kier molecular flexibility index (Phi) is 3.44. The summed E-state index contributed by atoms with van der Waals surface area (Å²) in [6, 6.07) is 5.64. The van der Waals surface area contributed by atoms with E-state index < -0.39 is 0 Å². The summed E-state index contributed by atoms with van der Waals surface area (Å²) in [6.45, 7) is 2.01. The summed E-state index contributed by atoms with van der Waals surface area (Å²) in [5.74, 6) is 0.658. The Morgan fingerprint density at radius 1 is 1.35 bits per heavy atom. The lowest BCUT2D eigenvalue weighted by Crippen LogP contribution is -2.16. The highest BCUT2D eigenvalue weighted by Crippen LogP contribution is 2.30. The molecule has 7 heteroatoms. The fraction of sp³-hybridized carbons (Fsp3) is 0.0625. The summed E-state index contributed by atoms with van der Waals surface area (Å²) < 4.78 is 6.67. The van der Waals surface area contributed by atoms with Gasteiger partial charge in [0.1, 0.15) is 16.9 Å². The second kappa shape index (κ2) is 5.60. The van der Waals surface area contributed by atoms with Gasteiger partial charge in [-0.1, -0.05) is 0 Å². The van der Waals surface area contributed by atoms with E-state index in [2.05, 4.69) is 10.1 Å². The molecular formula is C16H11N3O2S2. The molecule has 0 saturated carbocycles. The standard InChI is InChI=1S/C16H11N3O2S2/c1-10-4-6-22-13(10)7-18-19-9-17-15-14(16(19)20)11(8-23-15)12-3-2-5-21-12/h2-9H,1H3/b18-7-. The van der Waals surface area contributed by atoms with Gasteiger partial charge in [0, 0.05) is 10.9 Å². The maximum Gasteiger partial charge on any atom is 0.283 e. The van der Waals surface area contributed by atoms with E-state index in [1.165, 1.54) is 22.3 Å². The molecule has 0 N–H and O–H groups in total. The number of nitrogens with zero attached hydrogens (tertiary/aromatic N) is 3. The Morgan fingerprint density at radius 3 is 3.00 bits per heavy atom. The van der Waals surface area contributed by atoms with Crippen molar-refractivity contribution in [1.82, 2.24) is 9.66 Å². The first kappa shape index (κ1) is 14.1. The van der Waals surface area contributed by atoms with E-state index in [0.717, 1.165) is 16.0 Å². The molecule has 0 aliphatic carbocycles. The number of furan rings is 1. The SMILES string of the molecule is Cc1ccsc1/C=N\n1cnc2scc(-c3ccco3)c2c1=O. The van der Waals surface area contributed by atoms with Crippen LogP contribution < -0.4 is 5.56 Å². The maximum atomic E-state index is 12.7. The Bertz CT molecular complexity index is 1050. The van der Waals surface area contributed by atoms with Crippen molar-refractivity contribution in [3.63, 3.8) is 0 Å². The number of fused-ring (bicyclic) bond motifs is 1. The highest BCUT2D eigenvalue weighted by Gasteiger charge is 2.14. The molecule has 0 unspecified atom stereocenters. The van der Waals surface area contributed by atoms with Gasteiger partial charge < -0.3 is 4.42 Å². The van der Waals surface area contributed by atoms with Crippen LogP contribution in [-0.2, 0) is 0 Å². The smallest absolute Gasteiger partial charge is 0.283 e. The van der Waals surface area contributed by atoms with E-state index >= 15 is 0 Å². The number of rotatable bonds is 3. The Morgan fingerprint density at radius 2 is 2.26 bits per heavy atom. The highest BCUT2D eigenvalue weighted by atomic mass is 32.1. The molecule has 4 heterocycles. The molecule has 23 heavy (non-hydrogen) atoms. The zero-order valence-corrected chi connectivity index (χ0v) is 13.7. The van der Waals surface area contributed by atoms with Crippen molar-refractivity contribution in [3.05, 3.63) is 62.3 Å². The van der Waals surface area contributed by atoms with E-state index in [1.54, 1.807) is 29.9 Å². The van der Waals surface area contributed by atoms with Gasteiger partial charge in [-0.15, -0.1) is 22.7 Å². The van der Waals surface area contributed by atoms with Crippen molar-refractivity contribution in [2.24, 2.45) is 5.10 Å². The number of aromatic nitrogens is 2. The lowest BCUT2D eigenvalue weighted by molar-refractivity contribution is 0.583. The van der Waals surface area contributed by atoms with Crippen molar-refractivity contribution < 1.29 is 4.42 Å². The largest absolute Gasteiger partial charge is 0.464 e. The van der Waals surface area contributed by atoms with Gasteiger partial charge in [0.15, 0.2) is 0 Å². The van der Waals surface area contributed by atoms with Crippen molar-refractivity contribution >= 4 is 39.1 Å². The lowest BCUT2D eigenvalue weighted by atomic mass is 10.2. The monoisotopic (exact) mass is 341 g/mol. The van der Waals surface area contributed by atoms with Gasteiger partial charge in [0.2, 0.25) is 0 Å². The molecule has 4 rings (SSSR count). The molecule has 0 spiro atoms. The molecule has 0 saturated heterocycles. The summed E-state index contributed by atoms with van der Waals surface area (Å²) in [6.07, 6.45) is 4.73. The van der Waals surface area contributed by atoms with Crippen LogP contribution >= 0.6 is 22.7 Å². The molecule has 0 aliphatic heterocycles. The molecule has 4 aromatic heterocycles. The second-order valence-electron chi connectivity index (χ2n) is 4.91. The van der Waals surface area contributed by atoms with Crippen LogP contribution in [0.4, 0.5) is 0 Å². The molecule has 0 aliphatic rings. The minimum Gasteiger partial charge on any atom is -0.464 e. The molecule has 4 aromatic rings. The van der Waals surface area contributed by atoms with Crippen molar-refractivity contribution in [1.29, 1.82) is 0 Å². The third-order valence-electron chi connectivity index (χ3n) is 3.47. The molecule has 0 radical (unpaired) electrons. The molecule has 0 atom stereocenters. The minimum absolute atomic E-state index is 0.201. The van der Waals surface area contributed by atoms with Gasteiger partial charge in [-0.05, 0) is 36.1 Å². The number of hydrogen-bond donors (Lipinski definition) is 0. The molecular weight excluding hydrogens is 330 g/mol. The molecule has 0 fully saturated rings. The number of aryl methyl sites for hydroxylation is 1. The van der Waals surface area contributed by atoms with E-state index in [0.29, 0.717) is 16.0 Å². The zero-order valence-electron chi connectivity index (χ0n) is 12.1. The zero-order chi connectivity index (χ0) is 15.8. The third-order valence-corrected chi connectivity index (χ3v) is 5.31. The third kappa shape index (κ3) is 2.43. The van der Waals surface area contributed by atoms with E-state index in [-0.39, 0.29) is 5.56 Å². The van der Waals surface area contributed by atoms with Gasteiger partial charge in [0.25, 0.3) is 5.56 Å². The minimum atomic E-state index is -0.201. The van der Waals surface area contributed by atoms with Crippen LogP contribution in [0.2, 0.25) is 0 Å². The fourth-order valence-corrected chi connectivity index (χ4v) is 3.92. The van der Waals surface area contributed by atoms with Crippen molar-refractivity contribution in [2.45, 2.75) is 6.92 Å². The average molecular weight is 341 g/mol. The van der Waals surface area contributed by atoms with Gasteiger partial charge in [0.05, 0.1) is 22.7 Å².